The Morgan fingerprint density at radius 2 is 2.10 bits per heavy atom. The van der Waals surface area contributed by atoms with E-state index in [2.05, 4.69) is 35.9 Å². The molecule has 2 rings (SSSR count). The fourth-order valence-corrected chi connectivity index (χ4v) is 3.24. The van der Waals surface area contributed by atoms with Crippen molar-refractivity contribution in [2.75, 3.05) is 40.3 Å². The SMILES string of the molecule is COc1ccccc1C(CN)N1CCCN(C)CC1C. The lowest BCUT2D eigenvalue weighted by molar-refractivity contribution is 0.144. The Bertz CT molecular complexity index is 424. The lowest BCUT2D eigenvalue weighted by Crippen LogP contribution is -2.43. The molecule has 112 valence electrons. The van der Waals surface area contributed by atoms with Gasteiger partial charge in [-0.1, -0.05) is 18.2 Å². The molecule has 4 heteroatoms. The molecule has 1 aliphatic rings. The molecule has 0 aromatic heterocycles. The number of likely N-dealkylation sites (N-methyl/N-ethyl adjacent to an activating group) is 1. The Morgan fingerprint density at radius 3 is 2.80 bits per heavy atom. The second-order valence-electron chi connectivity index (χ2n) is 5.70. The number of rotatable bonds is 4. The van der Waals surface area contributed by atoms with Crippen molar-refractivity contribution < 1.29 is 4.74 Å². The van der Waals surface area contributed by atoms with Crippen LogP contribution in [0.2, 0.25) is 0 Å². The van der Waals surface area contributed by atoms with E-state index in [1.807, 2.05) is 12.1 Å². The van der Waals surface area contributed by atoms with E-state index in [9.17, 15) is 0 Å². The Labute approximate surface area is 122 Å². The van der Waals surface area contributed by atoms with Gasteiger partial charge in [0.15, 0.2) is 0 Å². The first kappa shape index (κ1) is 15.3. The van der Waals surface area contributed by atoms with Crippen LogP contribution in [-0.2, 0) is 0 Å². The molecule has 20 heavy (non-hydrogen) atoms. The van der Waals surface area contributed by atoms with Gasteiger partial charge in [-0.2, -0.15) is 0 Å². The number of nitrogens with zero attached hydrogens (tertiary/aromatic N) is 2. The number of para-hydroxylation sites is 1. The van der Waals surface area contributed by atoms with Gasteiger partial charge in [-0.3, -0.25) is 4.90 Å². The quantitative estimate of drug-likeness (QED) is 0.910. The van der Waals surface area contributed by atoms with E-state index in [0.29, 0.717) is 12.6 Å². The van der Waals surface area contributed by atoms with Gasteiger partial charge in [0.2, 0.25) is 0 Å². The second kappa shape index (κ2) is 7.07. The van der Waals surface area contributed by atoms with Gasteiger partial charge in [-0.15, -0.1) is 0 Å². The first-order chi connectivity index (χ1) is 9.67. The monoisotopic (exact) mass is 277 g/mol. The average Bonchev–Trinajstić information content (AvgIpc) is 2.62. The molecule has 1 aromatic carbocycles. The molecule has 2 N–H and O–H groups in total. The lowest BCUT2D eigenvalue weighted by Gasteiger charge is -2.35. The summed E-state index contributed by atoms with van der Waals surface area (Å²) in [6, 6.07) is 8.96. The van der Waals surface area contributed by atoms with Gasteiger partial charge in [-0.05, 0) is 33.0 Å². The standard InChI is InChI=1S/C16H27N3O/c1-13-12-18(2)9-6-10-19(13)15(11-17)14-7-4-5-8-16(14)20-3/h4-5,7-8,13,15H,6,9-12,17H2,1-3H3. The van der Waals surface area contributed by atoms with Gasteiger partial charge in [-0.25, -0.2) is 0 Å². The van der Waals surface area contributed by atoms with Crippen molar-refractivity contribution in [3.8, 4) is 5.75 Å². The van der Waals surface area contributed by atoms with Crippen LogP contribution < -0.4 is 10.5 Å². The predicted octanol–water partition coefficient (Wildman–Crippen LogP) is 1.72. The molecule has 4 nitrogen and oxygen atoms in total. The summed E-state index contributed by atoms with van der Waals surface area (Å²) in [5.74, 6) is 0.938. The Hall–Kier alpha value is -1.10. The molecule has 1 aromatic rings. The van der Waals surface area contributed by atoms with Crippen LogP contribution in [-0.4, -0.2) is 56.2 Å². The molecule has 1 saturated heterocycles. The molecule has 1 heterocycles. The van der Waals surface area contributed by atoms with Crippen molar-refractivity contribution >= 4 is 0 Å². The summed E-state index contributed by atoms with van der Waals surface area (Å²) in [4.78, 5) is 4.93. The van der Waals surface area contributed by atoms with Gasteiger partial charge >= 0.3 is 0 Å². The Morgan fingerprint density at radius 1 is 1.35 bits per heavy atom. The van der Waals surface area contributed by atoms with E-state index in [-0.39, 0.29) is 6.04 Å². The predicted molar refractivity (Wildman–Crippen MR) is 83.1 cm³/mol. The van der Waals surface area contributed by atoms with Crippen LogP contribution in [0.3, 0.4) is 0 Å². The van der Waals surface area contributed by atoms with Crippen LogP contribution in [0.1, 0.15) is 24.9 Å². The minimum atomic E-state index is 0.229. The molecule has 0 bridgehead atoms. The van der Waals surface area contributed by atoms with Gasteiger partial charge in [0.25, 0.3) is 0 Å². The van der Waals surface area contributed by atoms with E-state index >= 15 is 0 Å². The van der Waals surface area contributed by atoms with E-state index in [4.69, 9.17) is 10.5 Å². The summed E-state index contributed by atoms with van der Waals surface area (Å²) < 4.78 is 5.51. The van der Waals surface area contributed by atoms with Gasteiger partial charge in [0, 0.05) is 31.2 Å². The maximum Gasteiger partial charge on any atom is 0.123 e. The molecular formula is C16H27N3O. The molecule has 0 aliphatic carbocycles. The number of ether oxygens (including phenoxy) is 1. The van der Waals surface area contributed by atoms with Crippen LogP contribution in [0.15, 0.2) is 24.3 Å². The molecule has 0 spiro atoms. The summed E-state index contributed by atoms with van der Waals surface area (Å²) in [6.45, 7) is 6.25. The maximum absolute atomic E-state index is 6.10. The summed E-state index contributed by atoms with van der Waals surface area (Å²) in [5.41, 5.74) is 7.30. The van der Waals surface area contributed by atoms with Crippen molar-refractivity contribution in [2.45, 2.75) is 25.4 Å². The van der Waals surface area contributed by atoms with Crippen molar-refractivity contribution in [1.29, 1.82) is 0 Å². The zero-order chi connectivity index (χ0) is 14.5. The largest absolute Gasteiger partial charge is 0.496 e. The first-order valence-electron chi connectivity index (χ1n) is 7.44. The summed E-state index contributed by atoms with van der Waals surface area (Å²) in [5, 5.41) is 0. The molecule has 1 aliphatic heterocycles. The zero-order valence-corrected chi connectivity index (χ0v) is 12.9. The van der Waals surface area contributed by atoms with E-state index in [1.54, 1.807) is 7.11 Å². The van der Waals surface area contributed by atoms with Crippen LogP contribution in [0.5, 0.6) is 5.75 Å². The van der Waals surface area contributed by atoms with E-state index < -0.39 is 0 Å². The summed E-state index contributed by atoms with van der Waals surface area (Å²) >= 11 is 0. The van der Waals surface area contributed by atoms with Crippen LogP contribution >= 0.6 is 0 Å². The van der Waals surface area contributed by atoms with Crippen molar-refractivity contribution in [3.05, 3.63) is 29.8 Å². The number of benzene rings is 1. The minimum absolute atomic E-state index is 0.229. The highest BCUT2D eigenvalue weighted by Gasteiger charge is 2.28. The fraction of sp³-hybridized carbons (Fsp3) is 0.625. The third kappa shape index (κ3) is 3.32. The number of nitrogens with two attached hydrogens (primary N) is 1. The normalized spacial score (nSPS) is 23.3. The third-order valence-corrected chi connectivity index (χ3v) is 4.22. The number of methoxy groups -OCH3 is 1. The van der Waals surface area contributed by atoms with Gasteiger partial charge < -0.3 is 15.4 Å². The smallest absolute Gasteiger partial charge is 0.123 e. The van der Waals surface area contributed by atoms with Gasteiger partial charge in [0.1, 0.15) is 5.75 Å². The zero-order valence-electron chi connectivity index (χ0n) is 12.9. The summed E-state index contributed by atoms with van der Waals surface area (Å²) in [6.07, 6.45) is 1.19. The Balaban J connectivity index is 2.26. The molecule has 2 atom stereocenters. The van der Waals surface area contributed by atoms with E-state index in [0.717, 1.165) is 25.4 Å². The Kier molecular flexibility index (Phi) is 5.40. The topological polar surface area (TPSA) is 41.7 Å². The highest BCUT2D eigenvalue weighted by molar-refractivity contribution is 5.36. The second-order valence-corrected chi connectivity index (χ2v) is 5.70. The van der Waals surface area contributed by atoms with Crippen LogP contribution in [0, 0.1) is 0 Å². The average molecular weight is 277 g/mol. The lowest BCUT2D eigenvalue weighted by atomic mass is 10.0. The molecule has 0 radical (unpaired) electrons. The van der Waals surface area contributed by atoms with Crippen molar-refractivity contribution in [2.24, 2.45) is 5.73 Å². The highest BCUT2D eigenvalue weighted by atomic mass is 16.5. The third-order valence-electron chi connectivity index (χ3n) is 4.22. The fourth-order valence-electron chi connectivity index (χ4n) is 3.24. The van der Waals surface area contributed by atoms with Crippen molar-refractivity contribution in [1.82, 2.24) is 9.80 Å². The summed E-state index contributed by atoms with van der Waals surface area (Å²) in [7, 11) is 3.92. The van der Waals surface area contributed by atoms with Crippen LogP contribution in [0.4, 0.5) is 0 Å². The molecule has 2 unspecified atom stereocenters. The van der Waals surface area contributed by atoms with Crippen molar-refractivity contribution in [3.63, 3.8) is 0 Å². The molecule has 0 amide bonds. The molecule has 1 fully saturated rings. The number of hydrogen-bond acceptors (Lipinski definition) is 4. The van der Waals surface area contributed by atoms with Crippen LogP contribution in [0.25, 0.3) is 0 Å². The molecule has 0 saturated carbocycles. The number of hydrogen-bond donors (Lipinski definition) is 1. The molecular weight excluding hydrogens is 250 g/mol. The minimum Gasteiger partial charge on any atom is -0.496 e. The first-order valence-corrected chi connectivity index (χ1v) is 7.44. The van der Waals surface area contributed by atoms with E-state index in [1.165, 1.54) is 12.0 Å². The maximum atomic E-state index is 6.10. The van der Waals surface area contributed by atoms with Gasteiger partial charge in [0.05, 0.1) is 13.2 Å². The highest BCUT2D eigenvalue weighted by Crippen LogP contribution is 2.30.